The number of likely N-dealkylation sites (tertiary alicyclic amines) is 1. The normalized spacial score (nSPS) is 44.1. The van der Waals surface area contributed by atoms with Crippen LogP contribution in [0.3, 0.4) is 0 Å². The average Bonchev–Trinajstić information content (AvgIpc) is 2.76. The molecule has 2 rings (SSSR count). The highest BCUT2D eigenvalue weighted by molar-refractivity contribution is 5.00. The van der Waals surface area contributed by atoms with Gasteiger partial charge < -0.3 is 15.2 Å². The molecule has 3 unspecified atom stereocenters. The lowest BCUT2D eigenvalue weighted by Gasteiger charge is -2.48. The summed E-state index contributed by atoms with van der Waals surface area (Å²) in [6.07, 6.45) is 4.22. The second kappa shape index (κ2) is 5.22. The molecule has 0 aromatic rings. The van der Waals surface area contributed by atoms with Gasteiger partial charge in [-0.05, 0) is 33.1 Å². The molecule has 3 atom stereocenters. The predicted molar refractivity (Wildman–Crippen MR) is 68.0 cm³/mol. The van der Waals surface area contributed by atoms with Crippen molar-refractivity contribution in [3.05, 3.63) is 0 Å². The van der Waals surface area contributed by atoms with Crippen LogP contribution in [0.1, 0.15) is 33.1 Å². The van der Waals surface area contributed by atoms with E-state index >= 15 is 0 Å². The van der Waals surface area contributed by atoms with Crippen LogP contribution >= 0.6 is 0 Å². The molecule has 100 valence electrons. The summed E-state index contributed by atoms with van der Waals surface area (Å²) < 4.78 is 11.3. The lowest BCUT2D eigenvalue weighted by molar-refractivity contribution is -0.100. The van der Waals surface area contributed by atoms with Gasteiger partial charge in [-0.3, -0.25) is 4.90 Å². The van der Waals surface area contributed by atoms with Gasteiger partial charge in [-0.25, -0.2) is 0 Å². The van der Waals surface area contributed by atoms with Crippen LogP contribution in [0.4, 0.5) is 0 Å². The minimum absolute atomic E-state index is 0.129. The Kier molecular flexibility index (Phi) is 4.08. The van der Waals surface area contributed by atoms with E-state index in [4.69, 9.17) is 15.2 Å². The van der Waals surface area contributed by atoms with E-state index in [2.05, 4.69) is 18.7 Å². The molecular weight excluding hydrogens is 216 g/mol. The van der Waals surface area contributed by atoms with Gasteiger partial charge in [0.05, 0.1) is 18.3 Å². The van der Waals surface area contributed by atoms with Gasteiger partial charge in [-0.15, -0.1) is 0 Å². The summed E-state index contributed by atoms with van der Waals surface area (Å²) in [6.45, 7) is 7.16. The first-order chi connectivity index (χ1) is 8.09. The topological polar surface area (TPSA) is 47.7 Å². The maximum absolute atomic E-state index is 6.09. The Balaban J connectivity index is 2.08. The summed E-state index contributed by atoms with van der Waals surface area (Å²) in [5, 5.41) is 0. The smallest absolute Gasteiger partial charge is 0.0710 e. The summed E-state index contributed by atoms with van der Waals surface area (Å²) in [4.78, 5) is 2.54. The van der Waals surface area contributed by atoms with E-state index in [0.717, 1.165) is 38.9 Å². The van der Waals surface area contributed by atoms with Crippen molar-refractivity contribution in [1.29, 1.82) is 0 Å². The third-order valence-electron chi connectivity index (χ3n) is 4.33. The lowest BCUT2D eigenvalue weighted by atomic mass is 9.82. The Morgan fingerprint density at radius 2 is 2.00 bits per heavy atom. The van der Waals surface area contributed by atoms with E-state index < -0.39 is 0 Å². The Hall–Kier alpha value is -0.160. The van der Waals surface area contributed by atoms with Crippen LogP contribution in [0.5, 0.6) is 0 Å². The average molecular weight is 242 g/mol. The minimum atomic E-state index is 0.129. The minimum Gasteiger partial charge on any atom is -0.380 e. The van der Waals surface area contributed by atoms with E-state index in [1.165, 1.54) is 0 Å². The molecule has 0 aromatic carbocycles. The van der Waals surface area contributed by atoms with E-state index in [1.54, 1.807) is 7.11 Å². The van der Waals surface area contributed by atoms with Crippen molar-refractivity contribution in [3.63, 3.8) is 0 Å². The maximum Gasteiger partial charge on any atom is 0.0710 e. The molecule has 2 aliphatic heterocycles. The molecule has 2 saturated heterocycles. The molecule has 4 heteroatoms. The quantitative estimate of drug-likeness (QED) is 0.802. The van der Waals surface area contributed by atoms with Crippen molar-refractivity contribution in [2.24, 2.45) is 5.73 Å². The lowest BCUT2D eigenvalue weighted by Crippen LogP contribution is -2.59. The molecule has 0 spiro atoms. The third kappa shape index (κ3) is 2.65. The maximum atomic E-state index is 6.09. The van der Waals surface area contributed by atoms with Crippen molar-refractivity contribution >= 4 is 0 Å². The van der Waals surface area contributed by atoms with Crippen LogP contribution in [-0.4, -0.2) is 55.5 Å². The van der Waals surface area contributed by atoms with Crippen molar-refractivity contribution in [2.45, 2.75) is 57.0 Å². The molecule has 2 N–H and O–H groups in total. The highest BCUT2D eigenvalue weighted by atomic mass is 16.5. The second-order valence-electron chi connectivity index (χ2n) is 5.69. The van der Waals surface area contributed by atoms with Gasteiger partial charge in [0.15, 0.2) is 0 Å². The highest BCUT2D eigenvalue weighted by Crippen LogP contribution is 2.35. The van der Waals surface area contributed by atoms with E-state index in [0.29, 0.717) is 18.3 Å². The third-order valence-corrected chi connectivity index (χ3v) is 4.33. The summed E-state index contributed by atoms with van der Waals surface area (Å²) in [7, 11) is 1.80. The molecule has 2 fully saturated rings. The van der Waals surface area contributed by atoms with Crippen LogP contribution in [-0.2, 0) is 9.47 Å². The first-order valence-electron chi connectivity index (χ1n) is 6.73. The van der Waals surface area contributed by atoms with Crippen LogP contribution in [0, 0.1) is 0 Å². The zero-order chi connectivity index (χ0) is 12.5. The van der Waals surface area contributed by atoms with Gasteiger partial charge in [0.1, 0.15) is 0 Å². The first-order valence-corrected chi connectivity index (χ1v) is 6.73. The first kappa shape index (κ1) is 13.3. The van der Waals surface area contributed by atoms with Gasteiger partial charge in [-0.1, -0.05) is 0 Å². The van der Waals surface area contributed by atoms with E-state index in [-0.39, 0.29) is 5.54 Å². The van der Waals surface area contributed by atoms with Gasteiger partial charge in [0.2, 0.25) is 0 Å². The molecule has 0 saturated carbocycles. The molecule has 0 amide bonds. The number of ether oxygens (including phenoxy) is 2. The predicted octanol–water partition coefficient (Wildman–Crippen LogP) is 0.992. The van der Waals surface area contributed by atoms with Crippen LogP contribution < -0.4 is 5.73 Å². The fourth-order valence-corrected chi connectivity index (χ4v) is 3.55. The molecule has 0 radical (unpaired) electrons. The van der Waals surface area contributed by atoms with Crippen LogP contribution in [0.25, 0.3) is 0 Å². The SMILES string of the molecule is COC1CCN(C2(CN)CC(C)OC(C)C2)C1. The Morgan fingerprint density at radius 3 is 2.47 bits per heavy atom. The largest absolute Gasteiger partial charge is 0.380 e. The fraction of sp³-hybridized carbons (Fsp3) is 1.00. The molecule has 4 nitrogen and oxygen atoms in total. The number of hydrogen-bond donors (Lipinski definition) is 1. The Bertz CT molecular complexity index is 250. The second-order valence-corrected chi connectivity index (χ2v) is 5.69. The molecule has 0 aliphatic carbocycles. The molecule has 0 aromatic heterocycles. The van der Waals surface area contributed by atoms with E-state index in [9.17, 15) is 0 Å². The molecular formula is C13H26N2O2. The number of methoxy groups -OCH3 is 1. The number of hydrogen-bond acceptors (Lipinski definition) is 4. The molecule has 2 heterocycles. The van der Waals surface area contributed by atoms with Crippen molar-refractivity contribution in [1.82, 2.24) is 4.90 Å². The van der Waals surface area contributed by atoms with Gasteiger partial charge in [0, 0.05) is 32.3 Å². The fourth-order valence-electron chi connectivity index (χ4n) is 3.55. The van der Waals surface area contributed by atoms with Crippen LogP contribution in [0.2, 0.25) is 0 Å². The highest BCUT2D eigenvalue weighted by Gasteiger charge is 2.44. The Labute approximate surface area is 104 Å². The van der Waals surface area contributed by atoms with Gasteiger partial charge in [-0.2, -0.15) is 0 Å². The molecule has 2 aliphatic rings. The van der Waals surface area contributed by atoms with Crippen LogP contribution in [0.15, 0.2) is 0 Å². The zero-order valence-electron chi connectivity index (χ0n) is 11.3. The number of nitrogens with zero attached hydrogens (tertiary/aromatic N) is 1. The number of rotatable bonds is 3. The van der Waals surface area contributed by atoms with E-state index in [1.807, 2.05) is 0 Å². The van der Waals surface area contributed by atoms with Crippen molar-refractivity contribution < 1.29 is 9.47 Å². The summed E-state index contributed by atoms with van der Waals surface area (Å²) in [5.74, 6) is 0. The van der Waals surface area contributed by atoms with Crippen molar-refractivity contribution in [3.8, 4) is 0 Å². The monoisotopic (exact) mass is 242 g/mol. The molecule has 0 bridgehead atoms. The molecule has 17 heavy (non-hydrogen) atoms. The van der Waals surface area contributed by atoms with Gasteiger partial charge in [0.25, 0.3) is 0 Å². The summed E-state index contributed by atoms with van der Waals surface area (Å²) in [6, 6.07) is 0. The summed E-state index contributed by atoms with van der Waals surface area (Å²) >= 11 is 0. The standard InChI is InChI=1S/C13H26N2O2/c1-10-6-13(9-14,7-11(2)17-10)15-5-4-12(8-15)16-3/h10-12H,4-9,14H2,1-3H3. The van der Waals surface area contributed by atoms with Crippen molar-refractivity contribution in [2.75, 3.05) is 26.7 Å². The Morgan fingerprint density at radius 1 is 1.35 bits per heavy atom. The van der Waals surface area contributed by atoms with Gasteiger partial charge >= 0.3 is 0 Å². The number of nitrogens with two attached hydrogens (primary N) is 1. The summed E-state index contributed by atoms with van der Waals surface area (Å²) in [5.41, 5.74) is 6.22. The zero-order valence-corrected chi connectivity index (χ0v) is 11.3.